The van der Waals surface area contributed by atoms with Gasteiger partial charge in [0, 0.05) is 5.56 Å². The molecule has 0 radical (unpaired) electrons. The maximum absolute atomic E-state index is 14.0. The molecule has 0 saturated heterocycles. The SMILES string of the molecule is C=Cc1cccc2c(C(=O)OC3(C)CCc4c(F)cccc43)cccc12. The van der Waals surface area contributed by atoms with Crippen LogP contribution >= 0.6 is 0 Å². The van der Waals surface area contributed by atoms with E-state index in [0.717, 1.165) is 21.9 Å². The van der Waals surface area contributed by atoms with Gasteiger partial charge in [-0.05, 0) is 53.8 Å². The third-order valence-electron chi connectivity index (χ3n) is 5.25. The normalized spacial score (nSPS) is 18.5. The van der Waals surface area contributed by atoms with Crippen molar-refractivity contribution >= 4 is 22.8 Å². The zero-order valence-corrected chi connectivity index (χ0v) is 14.6. The Morgan fingerprint density at radius 1 is 1.12 bits per heavy atom. The van der Waals surface area contributed by atoms with Gasteiger partial charge in [-0.25, -0.2) is 9.18 Å². The molecule has 0 aliphatic heterocycles. The summed E-state index contributed by atoms with van der Waals surface area (Å²) in [5.74, 6) is -0.625. The van der Waals surface area contributed by atoms with E-state index in [1.807, 2.05) is 43.3 Å². The number of halogens is 1. The Kier molecular flexibility index (Phi) is 3.87. The first kappa shape index (κ1) is 16.5. The third kappa shape index (κ3) is 2.51. The van der Waals surface area contributed by atoms with E-state index in [1.165, 1.54) is 6.07 Å². The third-order valence-corrected chi connectivity index (χ3v) is 5.25. The number of hydrogen-bond acceptors (Lipinski definition) is 2. The van der Waals surface area contributed by atoms with E-state index < -0.39 is 11.6 Å². The van der Waals surface area contributed by atoms with Gasteiger partial charge in [-0.1, -0.05) is 55.1 Å². The van der Waals surface area contributed by atoms with Crippen LogP contribution < -0.4 is 0 Å². The van der Waals surface area contributed by atoms with E-state index in [-0.39, 0.29) is 5.82 Å². The zero-order chi connectivity index (χ0) is 18.3. The van der Waals surface area contributed by atoms with E-state index in [1.54, 1.807) is 18.2 Å². The number of hydrogen-bond donors (Lipinski definition) is 0. The van der Waals surface area contributed by atoms with Gasteiger partial charge in [0.25, 0.3) is 0 Å². The van der Waals surface area contributed by atoms with Crippen LogP contribution in [0, 0.1) is 5.82 Å². The van der Waals surface area contributed by atoms with Crippen molar-refractivity contribution in [2.75, 3.05) is 0 Å². The number of ether oxygens (including phenoxy) is 1. The molecule has 0 N–H and O–H groups in total. The van der Waals surface area contributed by atoms with Gasteiger partial charge in [-0.2, -0.15) is 0 Å². The molecule has 1 aliphatic rings. The monoisotopic (exact) mass is 346 g/mol. The molecule has 1 aliphatic carbocycles. The Labute approximate surface area is 151 Å². The summed E-state index contributed by atoms with van der Waals surface area (Å²) in [6.07, 6.45) is 2.92. The Balaban J connectivity index is 1.74. The lowest BCUT2D eigenvalue weighted by Gasteiger charge is -2.26. The molecule has 0 bridgehead atoms. The lowest BCUT2D eigenvalue weighted by molar-refractivity contribution is -0.0109. The highest BCUT2D eigenvalue weighted by Gasteiger charge is 2.39. The number of carbonyl (C=O) groups is 1. The second kappa shape index (κ2) is 6.10. The van der Waals surface area contributed by atoms with Crippen molar-refractivity contribution in [3.05, 3.63) is 89.2 Å². The summed E-state index contributed by atoms with van der Waals surface area (Å²) in [6.45, 7) is 5.69. The molecule has 26 heavy (non-hydrogen) atoms. The molecule has 3 heteroatoms. The minimum Gasteiger partial charge on any atom is -0.451 e. The molecule has 2 nitrogen and oxygen atoms in total. The fourth-order valence-electron chi connectivity index (χ4n) is 3.86. The number of fused-ring (bicyclic) bond motifs is 2. The molecule has 0 fully saturated rings. The van der Waals surface area contributed by atoms with Crippen molar-refractivity contribution in [2.45, 2.75) is 25.4 Å². The lowest BCUT2D eigenvalue weighted by Crippen LogP contribution is -2.26. The summed E-state index contributed by atoms with van der Waals surface area (Å²) < 4.78 is 20.0. The summed E-state index contributed by atoms with van der Waals surface area (Å²) in [4.78, 5) is 13.0. The van der Waals surface area contributed by atoms with Crippen molar-refractivity contribution in [1.82, 2.24) is 0 Å². The first-order valence-electron chi connectivity index (χ1n) is 8.69. The minimum atomic E-state index is -0.813. The van der Waals surface area contributed by atoms with Gasteiger partial charge < -0.3 is 4.74 Å². The molecular formula is C23H19FO2. The van der Waals surface area contributed by atoms with E-state index in [9.17, 15) is 9.18 Å². The Bertz CT molecular complexity index is 1040. The Hall–Kier alpha value is -2.94. The molecule has 1 atom stereocenters. The Morgan fingerprint density at radius 3 is 2.65 bits per heavy atom. The molecule has 4 rings (SSSR count). The topological polar surface area (TPSA) is 26.3 Å². The van der Waals surface area contributed by atoms with Gasteiger partial charge in [0.1, 0.15) is 11.4 Å². The summed E-state index contributed by atoms with van der Waals surface area (Å²) in [6, 6.07) is 16.3. The first-order chi connectivity index (χ1) is 12.5. The fourth-order valence-corrected chi connectivity index (χ4v) is 3.86. The Morgan fingerprint density at radius 2 is 1.85 bits per heavy atom. The minimum absolute atomic E-state index is 0.233. The number of rotatable bonds is 3. The van der Waals surface area contributed by atoms with E-state index in [2.05, 4.69) is 6.58 Å². The molecule has 130 valence electrons. The molecule has 1 unspecified atom stereocenters. The maximum atomic E-state index is 14.0. The first-order valence-corrected chi connectivity index (χ1v) is 8.69. The highest BCUT2D eigenvalue weighted by molar-refractivity contribution is 6.06. The summed E-state index contributed by atoms with van der Waals surface area (Å²) >= 11 is 0. The van der Waals surface area contributed by atoms with Crippen molar-refractivity contribution in [2.24, 2.45) is 0 Å². The fraction of sp³-hybridized carbons (Fsp3) is 0.174. The average Bonchev–Trinajstić information content (AvgIpc) is 2.98. The van der Waals surface area contributed by atoms with Crippen molar-refractivity contribution in [3.63, 3.8) is 0 Å². The second-order valence-corrected chi connectivity index (χ2v) is 6.84. The van der Waals surface area contributed by atoms with Crippen LogP contribution in [-0.2, 0) is 16.8 Å². The zero-order valence-electron chi connectivity index (χ0n) is 14.6. The quantitative estimate of drug-likeness (QED) is 0.574. The van der Waals surface area contributed by atoms with Crippen LogP contribution in [0.2, 0.25) is 0 Å². The van der Waals surface area contributed by atoms with Gasteiger partial charge in [0.15, 0.2) is 0 Å². The molecule has 3 aromatic carbocycles. The smallest absolute Gasteiger partial charge is 0.339 e. The van der Waals surface area contributed by atoms with Crippen molar-refractivity contribution < 1.29 is 13.9 Å². The number of esters is 1. The van der Waals surface area contributed by atoms with Crippen LogP contribution in [0.25, 0.3) is 16.8 Å². The molecule has 0 heterocycles. The molecule has 0 saturated carbocycles. The predicted octanol–water partition coefficient (Wildman–Crippen LogP) is 5.64. The number of benzene rings is 3. The number of carbonyl (C=O) groups excluding carboxylic acids is 1. The van der Waals surface area contributed by atoms with Crippen molar-refractivity contribution in [3.8, 4) is 0 Å². The summed E-state index contributed by atoms with van der Waals surface area (Å²) in [7, 11) is 0. The van der Waals surface area contributed by atoms with Crippen LogP contribution in [-0.4, -0.2) is 5.97 Å². The second-order valence-electron chi connectivity index (χ2n) is 6.84. The van der Waals surface area contributed by atoms with Gasteiger partial charge in [-0.15, -0.1) is 0 Å². The van der Waals surface area contributed by atoms with Gasteiger partial charge >= 0.3 is 5.97 Å². The molecule has 0 amide bonds. The van der Waals surface area contributed by atoms with Crippen LogP contribution in [0.15, 0.2) is 61.2 Å². The molecular weight excluding hydrogens is 327 g/mol. The van der Waals surface area contributed by atoms with E-state index >= 15 is 0 Å². The maximum Gasteiger partial charge on any atom is 0.339 e. The van der Waals surface area contributed by atoms with Crippen molar-refractivity contribution in [1.29, 1.82) is 0 Å². The summed E-state index contributed by atoms with van der Waals surface area (Å²) in [5.41, 5.74) is 2.08. The predicted molar refractivity (Wildman–Crippen MR) is 102 cm³/mol. The van der Waals surface area contributed by atoms with E-state index in [0.29, 0.717) is 24.0 Å². The van der Waals surface area contributed by atoms with Crippen LogP contribution in [0.4, 0.5) is 4.39 Å². The molecule has 0 spiro atoms. The highest BCUT2D eigenvalue weighted by Crippen LogP contribution is 2.41. The average molecular weight is 346 g/mol. The molecule has 3 aromatic rings. The largest absolute Gasteiger partial charge is 0.451 e. The van der Waals surface area contributed by atoms with Gasteiger partial charge in [0.2, 0.25) is 0 Å². The summed E-state index contributed by atoms with van der Waals surface area (Å²) in [5, 5.41) is 1.79. The lowest BCUT2D eigenvalue weighted by atomic mass is 9.97. The van der Waals surface area contributed by atoms with Crippen LogP contribution in [0.3, 0.4) is 0 Å². The van der Waals surface area contributed by atoms with Crippen LogP contribution in [0.5, 0.6) is 0 Å². The van der Waals surface area contributed by atoms with Gasteiger partial charge in [0.05, 0.1) is 5.56 Å². The van der Waals surface area contributed by atoms with E-state index in [4.69, 9.17) is 4.74 Å². The van der Waals surface area contributed by atoms with Gasteiger partial charge in [-0.3, -0.25) is 0 Å². The standard InChI is InChI=1S/C23H19FO2/c1-3-15-7-4-9-17-16(15)8-5-10-18(17)22(25)26-23(2)14-13-19-20(23)11-6-12-21(19)24/h3-12H,1,13-14H2,2H3. The highest BCUT2D eigenvalue weighted by atomic mass is 19.1. The molecule has 0 aromatic heterocycles. The van der Waals surface area contributed by atoms with Crippen LogP contribution in [0.1, 0.15) is 40.4 Å².